The number of halogens is 1. The maximum atomic E-state index is 13.4. The van der Waals surface area contributed by atoms with Crippen LogP contribution in [-0.4, -0.2) is 47.3 Å². The van der Waals surface area contributed by atoms with Gasteiger partial charge >= 0.3 is 0 Å². The van der Waals surface area contributed by atoms with Crippen molar-refractivity contribution in [3.8, 4) is 0 Å². The Labute approximate surface area is 159 Å². The minimum atomic E-state index is -0.296. The number of carbonyl (C=O) groups excluding carboxylic acids is 2. The van der Waals surface area contributed by atoms with E-state index in [1.165, 1.54) is 18.6 Å². The number of nitrogens with two attached hydrogens (primary N) is 1. The molecule has 1 aliphatic heterocycles. The smallest absolute Gasteiger partial charge is 0.242 e. The molecule has 6 heteroatoms. The van der Waals surface area contributed by atoms with Crippen LogP contribution in [-0.2, 0) is 16.1 Å². The van der Waals surface area contributed by atoms with Crippen molar-refractivity contribution in [1.82, 2.24) is 9.80 Å². The molecule has 0 spiro atoms. The number of hydrogen-bond donors (Lipinski definition) is 1. The van der Waals surface area contributed by atoms with E-state index in [9.17, 15) is 14.0 Å². The molecule has 2 atom stereocenters. The van der Waals surface area contributed by atoms with Gasteiger partial charge in [-0.25, -0.2) is 4.39 Å². The predicted molar refractivity (Wildman–Crippen MR) is 99.9 cm³/mol. The van der Waals surface area contributed by atoms with Crippen molar-refractivity contribution in [3.63, 3.8) is 0 Å². The van der Waals surface area contributed by atoms with Crippen molar-refractivity contribution in [2.75, 3.05) is 19.6 Å². The van der Waals surface area contributed by atoms with Crippen LogP contribution in [0.1, 0.15) is 37.7 Å². The molecule has 27 heavy (non-hydrogen) atoms. The van der Waals surface area contributed by atoms with Crippen molar-refractivity contribution in [2.45, 2.75) is 44.7 Å². The molecule has 0 aromatic heterocycles. The van der Waals surface area contributed by atoms with Crippen LogP contribution < -0.4 is 5.73 Å². The zero-order valence-electron chi connectivity index (χ0n) is 15.6. The lowest BCUT2D eigenvalue weighted by molar-refractivity contribution is -0.149. The molecule has 2 unspecified atom stereocenters. The molecule has 5 nitrogen and oxygen atoms in total. The Balaban J connectivity index is 1.35. The SMILES string of the molecule is NC1C2CCCC1CC(C(=O)N1CCN(Cc3cccc(F)c3)C(=O)C1)C2. The van der Waals surface area contributed by atoms with Gasteiger partial charge in [0.15, 0.2) is 0 Å². The van der Waals surface area contributed by atoms with Gasteiger partial charge in [0.05, 0.1) is 6.54 Å². The van der Waals surface area contributed by atoms with Gasteiger partial charge in [0.1, 0.15) is 5.82 Å². The van der Waals surface area contributed by atoms with Crippen LogP contribution >= 0.6 is 0 Å². The number of nitrogens with zero attached hydrogens (tertiary/aromatic N) is 2. The molecule has 0 radical (unpaired) electrons. The fourth-order valence-electron chi connectivity index (χ4n) is 5.17. The zero-order chi connectivity index (χ0) is 19.0. The highest BCUT2D eigenvalue weighted by molar-refractivity contribution is 5.87. The molecule has 2 N–H and O–H groups in total. The maximum Gasteiger partial charge on any atom is 0.242 e. The van der Waals surface area contributed by atoms with Crippen LogP contribution in [0, 0.1) is 23.6 Å². The van der Waals surface area contributed by atoms with E-state index in [4.69, 9.17) is 5.73 Å². The molecule has 1 aromatic rings. The molecular weight excluding hydrogens is 345 g/mol. The summed E-state index contributed by atoms with van der Waals surface area (Å²) in [5.74, 6) is 0.689. The second-order valence-corrected chi connectivity index (χ2v) is 8.40. The number of hydrogen-bond acceptors (Lipinski definition) is 3. The summed E-state index contributed by atoms with van der Waals surface area (Å²) >= 11 is 0. The summed E-state index contributed by atoms with van der Waals surface area (Å²) in [6.45, 7) is 1.57. The van der Waals surface area contributed by atoms with Gasteiger partial charge in [-0.2, -0.15) is 0 Å². The van der Waals surface area contributed by atoms with Crippen molar-refractivity contribution in [3.05, 3.63) is 35.6 Å². The average Bonchev–Trinajstić information content (AvgIpc) is 2.63. The number of piperazine rings is 1. The fourth-order valence-corrected chi connectivity index (χ4v) is 5.17. The first-order valence-electron chi connectivity index (χ1n) is 10.1. The number of fused-ring (bicyclic) bond motifs is 2. The summed E-state index contributed by atoms with van der Waals surface area (Å²) in [5, 5.41) is 0. The average molecular weight is 373 g/mol. The lowest BCUT2D eigenvalue weighted by atomic mass is 9.65. The van der Waals surface area contributed by atoms with Gasteiger partial charge in [-0.3, -0.25) is 9.59 Å². The molecule has 4 rings (SSSR count). The van der Waals surface area contributed by atoms with Gasteiger partial charge in [-0.05, 0) is 55.2 Å². The van der Waals surface area contributed by atoms with Crippen LogP contribution in [0.5, 0.6) is 0 Å². The van der Waals surface area contributed by atoms with Crippen molar-refractivity contribution < 1.29 is 14.0 Å². The minimum Gasteiger partial charge on any atom is -0.335 e. The van der Waals surface area contributed by atoms with E-state index in [0.717, 1.165) is 31.2 Å². The molecule has 3 aliphatic rings. The van der Waals surface area contributed by atoms with Gasteiger partial charge in [-0.15, -0.1) is 0 Å². The molecule has 2 saturated carbocycles. The fraction of sp³-hybridized carbons (Fsp3) is 0.619. The number of carbonyl (C=O) groups is 2. The van der Waals surface area contributed by atoms with Gasteiger partial charge in [0.25, 0.3) is 0 Å². The molecule has 2 aliphatic carbocycles. The third kappa shape index (κ3) is 3.86. The monoisotopic (exact) mass is 373 g/mol. The summed E-state index contributed by atoms with van der Waals surface area (Å²) in [6, 6.07) is 6.56. The second kappa shape index (κ2) is 7.58. The highest BCUT2D eigenvalue weighted by Gasteiger charge is 2.42. The van der Waals surface area contributed by atoms with Crippen LogP contribution in [0.3, 0.4) is 0 Å². The zero-order valence-corrected chi connectivity index (χ0v) is 15.6. The lowest BCUT2D eigenvalue weighted by Crippen LogP contribution is -2.55. The summed E-state index contributed by atoms with van der Waals surface area (Å²) < 4.78 is 13.4. The van der Waals surface area contributed by atoms with E-state index in [-0.39, 0.29) is 36.1 Å². The molecule has 146 valence electrons. The number of rotatable bonds is 3. The van der Waals surface area contributed by atoms with E-state index < -0.39 is 0 Å². The highest BCUT2D eigenvalue weighted by Crippen LogP contribution is 2.42. The van der Waals surface area contributed by atoms with Crippen LogP contribution in [0.15, 0.2) is 24.3 Å². The largest absolute Gasteiger partial charge is 0.335 e. The summed E-state index contributed by atoms with van der Waals surface area (Å²) in [5.41, 5.74) is 7.11. The molecule has 2 amide bonds. The van der Waals surface area contributed by atoms with Crippen LogP contribution in [0.25, 0.3) is 0 Å². The van der Waals surface area contributed by atoms with Crippen LogP contribution in [0.4, 0.5) is 4.39 Å². The molecular formula is C21H28FN3O2. The number of amides is 2. The standard InChI is InChI=1S/C21H28FN3O2/c22-18-6-1-3-14(9-18)12-24-7-8-25(13-19(24)26)21(27)17-10-15-4-2-5-16(11-17)20(15)23/h1,3,6,9,15-17,20H,2,4-5,7-8,10-13,23H2. The lowest BCUT2D eigenvalue weighted by Gasteiger charge is -2.45. The number of benzene rings is 1. The van der Waals surface area contributed by atoms with Crippen LogP contribution in [0.2, 0.25) is 0 Å². The van der Waals surface area contributed by atoms with Crippen molar-refractivity contribution in [2.24, 2.45) is 23.5 Å². The summed E-state index contributed by atoms with van der Waals surface area (Å²) in [6.07, 6.45) is 5.22. The van der Waals surface area contributed by atoms with Gasteiger partial charge in [-0.1, -0.05) is 18.6 Å². The molecule has 1 saturated heterocycles. The quantitative estimate of drug-likeness (QED) is 0.883. The highest BCUT2D eigenvalue weighted by atomic mass is 19.1. The third-order valence-corrected chi connectivity index (χ3v) is 6.66. The van der Waals surface area contributed by atoms with E-state index in [2.05, 4.69) is 0 Å². The topological polar surface area (TPSA) is 66.6 Å². The van der Waals surface area contributed by atoms with E-state index >= 15 is 0 Å². The normalized spacial score (nSPS) is 31.1. The Bertz CT molecular complexity index is 711. The first-order valence-corrected chi connectivity index (χ1v) is 10.1. The van der Waals surface area contributed by atoms with E-state index in [1.807, 2.05) is 6.07 Å². The summed E-state index contributed by atoms with van der Waals surface area (Å²) in [7, 11) is 0. The Morgan fingerprint density at radius 2 is 1.93 bits per heavy atom. The molecule has 2 bridgehead atoms. The molecule has 3 fully saturated rings. The van der Waals surface area contributed by atoms with Gasteiger partial charge in [0, 0.05) is 31.6 Å². The van der Waals surface area contributed by atoms with Gasteiger partial charge in [0.2, 0.25) is 11.8 Å². The van der Waals surface area contributed by atoms with Crippen molar-refractivity contribution in [1.29, 1.82) is 0 Å². The van der Waals surface area contributed by atoms with E-state index in [1.54, 1.807) is 15.9 Å². The first-order chi connectivity index (χ1) is 13.0. The Morgan fingerprint density at radius 1 is 1.19 bits per heavy atom. The predicted octanol–water partition coefficient (Wildman–Crippen LogP) is 2.15. The maximum absolute atomic E-state index is 13.4. The molecule has 1 heterocycles. The Kier molecular flexibility index (Phi) is 5.17. The van der Waals surface area contributed by atoms with Crippen molar-refractivity contribution >= 4 is 11.8 Å². The second-order valence-electron chi connectivity index (χ2n) is 8.40. The van der Waals surface area contributed by atoms with E-state index in [0.29, 0.717) is 31.5 Å². The molecule has 1 aromatic carbocycles. The third-order valence-electron chi connectivity index (χ3n) is 6.66. The van der Waals surface area contributed by atoms with Gasteiger partial charge < -0.3 is 15.5 Å². The summed E-state index contributed by atoms with van der Waals surface area (Å²) in [4.78, 5) is 29.0. The Morgan fingerprint density at radius 3 is 2.59 bits per heavy atom. The first kappa shape index (κ1) is 18.4. The Hall–Kier alpha value is -1.95. The minimum absolute atomic E-state index is 0.0164.